The number of carbonyl (C=O) groups is 1. The second kappa shape index (κ2) is 7.13. The number of rotatable bonds is 7. The highest BCUT2D eigenvalue weighted by molar-refractivity contribution is 5.93. The van der Waals surface area contributed by atoms with Crippen LogP contribution in [-0.4, -0.2) is 39.2 Å². The van der Waals surface area contributed by atoms with Gasteiger partial charge < -0.3 is 10.4 Å². The molecule has 1 aromatic heterocycles. The van der Waals surface area contributed by atoms with Gasteiger partial charge in [0, 0.05) is 19.1 Å². The zero-order valence-electron chi connectivity index (χ0n) is 14.2. The number of nitrogens with zero attached hydrogens (tertiary/aromatic N) is 3. The van der Waals surface area contributed by atoms with E-state index in [1.807, 2.05) is 38.1 Å². The molecular weight excluding hydrogens is 304 g/mol. The molecule has 0 bridgehead atoms. The minimum Gasteiger partial charge on any atom is -0.396 e. The molecule has 1 saturated carbocycles. The van der Waals surface area contributed by atoms with Crippen molar-refractivity contribution in [1.82, 2.24) is 20.3 Å². The molecule has 1 unspecified atom stereocenters. The summed E-state index contributed by atoms with van der Waals surface area (Å²) in [5.74, 6) is 0.410. The number of amides is 1. The molecule has 1 aromatic carbocycles. The first-order chi connectivity index (χ1) is 11.6. The molecule has 2 N–H and O–H groups in total. The van der Waals surface area contributed by atoms with E-state index < -0.39 is 0 Å². The lowest BCUT2D eigenvalue weighted by Gasteiger charge is -2.11. The molecule has 3 rings (SSSR count). The predicted octanol–water partition coefficient (Wildman–Crippen LogP) is 2.20. The number of aromatic nitrogens is 3. The van der Waals surface area contributed by atoms with Crippen molar-refractivity contribution in [2.45, 2.75) is 39.0 Å². The summed E-state index contributed by atoms with van der Waals surface area (Å²) < 4.78 is 1.79. The molecule has 0 radical (unpaired) electrons. The van der Waals surface area contributed by atoms with Gasteiger partial charge in [0.05, 0.1) is 11.4 Å². The van der Waals surface area contributed by atoms with Gasteiger partial charge in [-0.3, -0.25) is 4.79 Å². The first-order valence-electron chi connectivity index (χ1n) is 8.52. The second-order valence-corrected chi connectivity index (χ2v) is 6.67. The highest BCUT2D eigenvalue weighted by Gasteiger charge is 2.34. The topological polar surface area (TPSA) is 80.0 Å². The van der Waals surface area contributed by atoms with Crippen molar-refractivity contribution in [3.8, 4) is 5.69 Å². The summed E-state index contributed by atoms with van der Waals surface area (Å²) in [6.07, 6.45) is 2.81. The summed E-state index contributed by atoms with van der Waals surface area (Å²) >= 11 is 0. The Morgan fingerprint density at radius 1 is 1.38 bits per heavy atom. The molecule has 6 heteroatoms. The molecule has 0 aliphatic heterocycles. The molecule has 1 aliphatic rings. The van der Waals surface area contributed by atoms with Crippen LogP contribution in [0.2, 0.25) is 0 Å². The van der Waals surface area contributed by atoms with Gasteiger partial charge in [0.25, 0.3) is 5.91 Å². The normalized spacial score (nSPS) is 15.3. The fourth-order valence-electron chi connectivity index (χ4n) is 2.72. The average Bonchev–Trinajstić information content (AvgIpc) is 3.32. The van der Waals surface area contributed by atoms with E-state index in [9.17, 15) is 4.79 Å². The molecule has 2 aromatic rings. The van der Waals surface area contributed by atoms with Crippen molar-refractivity contribution in [3.63, 3.8) is 0 Å². The minimum atomic E-state index is -0.181. The molecule has 6 nitrogen and oxygen atoms in total. The van der Waals surface area contributed by atoms with E-state index in [0.717, 1.165) is 24.2 Å². The van der Waals surface area contributed by atoms with Gasteiger partial charge in [-0.15, -0.1) is 5.10 Å². The molecule has 1 atom stereocenters. The molecule has 1 aliphatic carbocycles. The van der Waals surface area contributed by atoms with Gasteiger partial charge in [-0.1, -0.05) is 29.8 Å². The molecule has 128 valence electrons. The van der Waals surface area contributed by atoms with Crippen LogP contribution in [0.5, 0.6) is 0 Å². The summed E-state index contributed by atoms with van der Waals surface area (Å²) in [6, 6.07) is 8.07. The summed E-state index contributed by atoms with van der Waals surface area (Å²) in [5.41, 5.74) is 3.45. The molecule has 1 amide bonds. The van der Waals surface area contributed by atoms with Gasteiger partial charge in [0.15, 0.2) is 5.69 Å². The van der Waals surface area contributed by atoms with Gasteiger partial charge in [-0.05, 0) is 44.2 Å². The third-order valence-corrected chi connectivity index (χ3v) is 4.40. The average molecular weight is 328 g/mol. The highest BCUT2D eigenvalue weighted by Crippen LogP contribution is 2.41. The maximum Gasteiger partial charge on any atom is 0.273 e. The Hall–Kier alpha value is -2.21. The van der Waals surface area contributed by atoms with Gasteiger partial charge in [0.2, 0.25) is 0 Å². The van der Waals surface area contributed by atoms with Crippen molar-refractivity contribution in [2.24, 2.45) is 5.92 Å². The smallest absolute Gasteiger partial charge is 0.273 e. The van der Waals surface area contributed by atoms with E-state index >= 15 is 0 Å². The van der Waals surface area contributed by atoms with E-state index in [-0.39, 0.29) is 18.4 Å². The SMILES string of the molecule is Cc1ccc(-n2nnc(C(=O)NCC(C)CCO)c2C2CC2)cc1. The van der Waals surface area contributed by atoms with E-state index in [4.69, 9.17) is 5.11 Å². The Kier molecular flexibility index (Phi) is 4.94. The Balaban J connectivity index is 1.81. The largest absolute Gasteiger partial charge is 0.396 e. The van der Waals surface area contributed by atoms with E-state index in [1.54, 1.807) is 4.68 Å². The first kappa shape index (κ1) is 16.6. The zero-order chi connectivity index (χ0) is 17.1. The highest BCUT2D eigenvalue weighted by atomic mass is 16.3. The first-order valence-corrected chi connectivity index (χ1v) is 8.52. The molecule has 1 fully saturated rings. The van der Waals surface area contributed by atoms with Crippen LogP contribution in [0, 0.1) is 12.8 Å². The lowest BCUT2D eigenvalue weighted by atomic mass is 10.1. The number of carbonyl (C=O) groups excluding carboxylic acids is 1. The van der Waals surface area contributed by atoms with E-state index in [2.05, 4.69) is 15.6 Å². The van der Waals surface area contributed by atoms with Crippen LogP contribution in [-0.2, 0) is 0 Å². The zero-order valence-corrected chi connectivity index (χ0v) is 14.2. The number of nitrogens with one attached hydrogen (secondary N) is 1. The summed E-state index contributed by atoms with van der Waals surface area (Å²) in [4.78, 5) is 12.5. The van der Waals surface area contributed by atoms with Crippen molar-refractivity contribution in [3.05, 3.63) is 41.2 Å². The number of hydrogen-bond donors (Lipinski definition) is 2. The number of hydrogen-bond acceptors (Lipinski definition) is 4. The Labute approximate surface area is 141 Å². The van der Waals surface area contributed by atoms with Crippen LogP contribution in [0.25, 0.3) is 5.69 Å². The van der Waals surface area contributed by atoms with Crippen LogP contribution in [0.15, 0.2) is 24.3 Å². The summed E-state index contributed by atoms with van der Waals surface area (Å²) in [6.45, 7) is 4.70. The van der Waals surface area contributed by atoms with E-state index in [1.165, 1.54) is 5.56 Å². The van der Waals surface area contributed by atoms with Crippen molar-refractivity contribution < 1.29 is 9.90 Å². The third-order valence-electron chi connectivity index (χ3n) is 4.40. The Bertz CT molecular complexity index is 704. The van der Waals surface area contributed by atoms with Gasteiger partial charge >= 0.3 is 0 Å². The predicted molar refractivity (Wildman–Crippen MR) is 91.3 cm³/mol. The van der Waals surface area contributed by atoms with Gasteiger partial charge in [-0.2, -0.15) is 0 Å². The van der Waals surface area contributed by atoms with Crippen LogP contribution in [0.3, 0.4) is 0 Å². The fourth-order valence-corrected chi connectivity index (χ4v) is 2.72. The number of aryl methyl sites for hydroxylation is 1. The summed E-state index contributed by atoms with van der Waals surface area (Å²) in [5, 5.41) is 20.2. The molecule has 24 heavy (non-hydrogen) atoms. The number of aliphatic hydroxyl groups excluding tert-OH is 1. The van der Waals surface area contributed by atoms with Crippen LogP contribution < -0.4 is 5.32 Å². The molecule has 1 heterocycles. The van der Waals surface area contributed by atoms with Crippen LogP contribution >= 0.6 is 0 Å². The Morgan fingerprint density at radius 3 is 2.71 bits per heavy atom. The standard InChI is InChI=1S/C18H24N4O2/c1-12-3-7-15(8-4-12)22-17(14-5-6-14)16(20-21-22)18(24)19-11-13(2)9-10-23/h3-4,7-8,13-14,23H,5-6,9-11H2,1-2H3,(H,19,24). The quantitative estimate of drug-likeness (QED) is 0.816. The number of aliphatic hydroxyl groups is 1. The van der Waals surface area contributed by atoms with Crippen molar-refractivity contribution in [2.75, 3.05) is 13.2 Å². The minimum absolute atomic E-state index is 0.133. The van der Waals surface area contributed by atoms with E-state index in [0.29, 0.717) is 24.6 Å². The fraction of sp³-hybridized carbons (Fsp3) is 0.500. The molecule has 0 saturated heterocycles. The monoisotopic (exact) mass is 328 g/mol. The number of benzene rings is 1. The van der Waals surface area contributed by atoms with Crippen LogP contribution in [0.1, 0.15) is 53.8 Å². The van der Waals surface area contributed by atoms with Crippen molar-refractivity contribution >= 4 is 5.91 Å². The molecule has 0 spiro atoms. The maximum absolute atomic E-state index is 12.5. The molecular formula is C18H24N4O2. The third kappa shape index (κ3) is 3.64. The Morgan fingerprint density at radius 2 is 2.08 bits per heavy atom. The van der Waals surface area contributed by atoms with Gasteiger partial charge in [-0.25, -0.2) is 4.68 Å². The lowest BCUT2D eigenvalue weighted by molar-refractivity contribution is 0.0939. The second-order valence-electron chi connectivity index (χ2n) is 6.67. The maximum atomic E-state index is 12.5. The lowest BCUT2D eigenvalue weighted by Crippen LogP contribution is -2.29. The van der Waals surface area contributed by atoms with Crippen LogP contribution in [0.4, 0.5) is 0 Å². The summed E-state index contributed by atoms with van der Waals surface area (Å²) in [7, 11) is 0. The van der Waals surface area contributed by atoms with Crippen molar-refractivity contribution in [1.29, 1.82) is 0 Å². The van der Waals surface area contributed by atoms with Gasteiger partial charge in [0.1, 0.15) is 0 Å².